The molecule has 1 saturated heterocycles. The zero-order valence-corrected chi connectivity index (χ0v) is 7.08. The van der Waals surface area contributed by atoms with Crippen LogP contribution in [-0.4, -0.2) is 35.1 Å². The van der Waals surface area contributed by atoms with Crippen molar-refractivity contribution in [1.82, 2.24) is 0 Å². The van der Waals surface area contributed by atoms with E-state index >= 15 is 0 Å². The van der Waals surface area contributed by atoms with E-state index in [1.165, 1.54) is 0 Å². The zero-order chi connectivity index (χ0) is 8.48. The van der Waals surface area contributed by atoms with E-state index in [1.807, 2.05) is 13.8 Å². The highest BCUT2D eigenvalue weighted by Crippen LogP contribution is 2.27. The van der Waals surface area contributed by atoms with Gasteiger partial charge in [0, 0.05) is 12.3 Å². The van der Waals surface area contributed by atoms with Crippen LogP contribution in [-0.2, 0) is 4.74 Å². The number of hydrogen-bond acceptors (Lipinski definition) is 3. The van der Waals surface area contributed by atoms with Crippen molar-refractivity contribution in [3.05, 3.63) is 0 Å². The van der Waals surface area contributed by atoms with Gasteiger partial charge in [-0.3, -0.25) is 0 Å². The lowest BCUT2D eigenvalue weighted by atomic mass is 9.89. The second kappa shape index (κ2) is 3.09. The van der Waals surface area contributed by atoms with Crippen LogP contribution in [0.2, 0.25) is 0 Å². The molecule has 3 nitrogen and oxygen atoms in total. The third-order valence-corrected chi connectivity index (χ3v) is 2.33. The van der Waals surface area contributed by atoms with E-state index in [-0.39, 0.29) is 18.6 Å². The fourth-order valence-electron chi connectivity index (χ4n) is 1.26. The molecule has 1 fully saturated rings. The summed E-state index contributed by atoms with van der Waals surface area (Å²) in [6.45, 7) is 4.29. The maximum atomic E-state index is 9.45. The average molecular weight is 160 g/mol. The lowest BCUT2D eigenvalue weighted by molar-refractivity contribution is -0.152. The summed E-state index contributed by atoms with van der Waals surface area (Å²) in [4.78, 5) is 0. The normalized spacial score (nSPS) is 45.8. The monoisotopic (exact) mass is 160 g/mol. The SMILES string of the molecule is CC1COC(C)(CO)CC1O. The quantitative estimate of drug-likeness (QED) is 0.574. The lowest BCUT2D eigenvalue weighted by Crippen LogP contribution is -2.46. The van der Waals surface area contributed by atoms with Crippen molar-refractivity contribution >= 4 is 0 Å². The summed E-state index contributed by atoms with van der Waals surface area (Å²) in [7, 11) is 0. The van der Waals surface area contributed by atoms with Crippen molar-refractivity contribution in [2.75, 3.05) is 13.2 Å². The predicted molar refractivity (Wildman–Crippen MR) is 41.2 cm³/mol. The molecule has 0 amide bonds. The van der Waals surface area contributed by atoms with Gasteiger partial charge >= 0.3 is 0 Å². The Kier molecular flexibility index (Phi) is 2.52. The van der Waals surface area contributed by atoms with Gasteiger partial charge < -0.3 is 14.9 Å². The lowest BCUT2D eigenvalue weighted by Gasteiger charge is -2.38. The first-order valence-electron chi connectivity index (χ1n) is 4.00. The first kappa shape index (κ1) is 8.97. The second-order valence-corrected chi connectivity index (χ2v) is 3.67. The van der Waals surface area contributed by atoms with Gasteiger partial charge in [-0.25, -0.2) is 0 Å². The van der Waals surface area contributed by atoms with Gasteiger partial charge in [-0.05, 0) is 6.92 Å². The van der Waals surface area contributed by atoms with Crippen LogP contribution >= 0.6 is 0 Å². The molecule has 0 bridgehead atoms. The van der Waals surface area contributed by atoms with E-state index in [1.54, 1.807) is 0 Å². The molecular formula is C8H16O3. The minimum absolute atomic E-state index is 0.0171. The van der Waals surface area contributed by atoms with Gasteiger partial charge in [-0.1, -0.05) is 6.92 Å². The molecule has 0 aliphatic carbocycles. The van der Waals surface area contributed by atoms with Crippen LogP contribution in [0.1, 0.15) is 20.3 Å². The first-order valence-corrected chi connectivity index (χ1v) is 4.00. The summed E-state index contributed by atoms with van der Waals surface area (Å²) in [5, 5.41) is 18.4. The Bertz CT molecular complexity index is 137. The maximum absolute atomic E-state index is 9.45. The number of rotatable bonds is 1. The molecule has 1 heterocycles. The van der Waals surface area contributed by atoms with Crippen LogP contribution < -0.4 is 0 Å². The van der Waals surface area contributed by atoms with Crippen molar-refractivity contribution in [2.24, 2.45) is 5.92 Å². The third kappa shape index (κ3) is 1.92. The first-order chi connectivity index (χ1) is 5.07. The molecule has 3 unspecified atom stereocenters. The molecular weight excluding hydrogens is 144 g/mol. The van der Waals surface area contributed by atoms with Crippen molar-refractivity contribution in [3.8, 4) is 0 Å². The highest BCUT2D eigenvalue weighted by Gasteiger charge is 2.35. The summed E-state index contributed by atoms with van der Waals surface area (Å²) >= 11 is 0. The van der Waals surface area contributed by atoms with Gasteiger partial charge in [0.05, 0.1) is 24.9 Å². The Morgan fingerprint density at radius 3 is 2.73 bits per heavy atom. The van der Waals surface area contributed by atoms with Crippen LogP contribution in [0.4, 0.5) is 0 Å². The summed E-state index contributed by atoms with van der Waals surface area (Å²) in [6.07, 6.45) is 0.200. The number of ether oxygens (including phenoxy) is 1. The Morgan fingerprint density at radius 2 is 2.27 bits per heavy atom. The van der Waals surface area contributed by atoms with Gasteiger partial charge in [0.15, 0.2) is 0 Å². The summed E-state index contributed by atoms with van der Waals surface area (Å²) in [6, 6.07) is 0. The minimum atomic E-state index is -0.522. The van der Waals surface area contributed by atoms with E-state index < -0.39 is 5.60 Å². The molecule has 0 saturated carbocycles. The molecule has 1 aliphatic rings. The van der Waals surface area contributed by atoms with Gasteiger partial charge in [-0.2, -0.15) is 0 Å². The fraction of sp³-hybridized carbons (Fsp3) is 1.00. The predicted octanol–water partition coefficient (Wildman–Crippen LogP) is 0.155. The average Bonchev–Trinajstić information content (AvgIpc) is 1.98. The van der Waals surface area contributed by atoms with Gasteiger partial charge in [0.2, 0.25) is 0 Å². The molecule has 11 heavy (non-hydrogen) atoms. The Hall–Kier alpha value is -0.120. The molecule has 66 valence electrons. The van der Waals surface area contributed by atoms with Crippen LogP contribution in [0.5, 0.6) is 0 Å². The molecule has 0 aromatic carbocycles. The summed E-state index contributed by atoms with van der Waals surface area (Å²) in [5.74, 6) is 0.189. The third-order valence-electron chi connectivity index (χ3n) is 2.33. The molecule has 3 heteroatoms. The number of aliphatic hydroxyl groups is 2. The molecule has 0 aromatic heterocycles. The van der Waals surface area contributed by atoms with E-state index in [0.29, 0.717) is 13.0 Å². The number of aliphatic hydroxyl groups excluding tert-OH is 2. The van der Waals surface area contributed by atoms with E-state index in [2.05, 4.69) is 0 Å². The molecule has 1 aliphatic heterocycles. The van der Waals surface area contributed by atoms with Gasteiger partial charge in [-0.15, -0.1) is 0 Å². The van der Waals surface area contributed by atoms with Gasteiger partial charge in [0.1, 0.15) is 0 Å². The zero-order valence-electron chi connectivity index (χ0n) is 7.08. The Balaban J connectivity index is 2.51. The van der Waals surface area contributed by atoms with Crippen LogP contribution in [0, 0.1) is 5.92 Å². The van der Waals surface area contributed by atoms with E-state index in [9.17, 15) is 5.11 Å². The number of hydrogen-bond donors (Lipinski definition) is 2. The largest absolute Gasteiger partial charge is 0.393 e. The van der Waals surface area contributed by atoms with Crippen molar-refractivity contribution in [3.63, 3.8) is 0 Å². The highest BCUT2D eigenvalue weighted by atomic mass is 16.5. The standard InChI is InChI=1S/C8H16O3/c1-6-4-11-8(2,5-9)3-7(6)10/h6-7,9-10H,3-5H2,1-2H3. The van der Waals surface area contributed by atoms with Crippen molar-refractivity contribution in [1.29, 1.82) is 0 Å². The van der Waals surface area contributed by atoms with Crippen LogP contribution in [0.25, 0.3) is 0 Å². The van der Waals surface area contributed by atoms with Crippen molar-refractivity contribution < 1.29 is 14.9 Å². The van der Waals surface area contributed by atoms with E-state index in [4.69, 9.17) is 9.84 Å². The second-order valence-electron chi connectivity index (χ2n) is 3.67. The van der Waals surface area contributed by atoms with Crippen LogP contribution in [0.3, 0.4) is 0 Å². The minimum Gasteiger partial charge on any atom is -0.393 e. The Morgan fingerprint density at radius 1 is 1.64 bits per heavy atom. The maximum Gasteiger partial charge on any atom is 0.0908 e. The van der Waals surface area contributed by atoms with E-state index in [0.717, 1.165) is 0 Å². The highest BCUT2D eigenvalue weighted by molar-refractivity contribution is 4.84. The van der Waals surface area contributed by atoms with Crippen molar-refractivity contribution in [2.45, 2.75) is 32.0 Å². The summed E-state index contributed by atoms with van der Waals surface area (Å²) in [5.41, 5.74) is -0.522. The smallest absolute Gasteiger partial charge is 0.0908 e. The topological polar surface area (TPSA) is 49.7 Å². The molecule has 0 radical (unpaired) electrons. The fourth-order valence-corrected chi connectivity index (χ4v) is 1.26. The van der Waals surface area contributed by atoms with Gasteiger partial charge in [0.25, 0.3) is 0 Å². The Labute approximate surface area is 67.0 Å². The molecule has 2 N–H and O–H groups in total. The molecule has 1 rings (SSSR count). The molecule has 0 aromatic rings. The molecule has 0 spiro atoms. The molecule has 3 atom stereocenters. The summed E-state index contributed by atoms with van der Waals surface area (Å²) < 4.78 is 5.39. The van der Waals surface area contributed by atoms with Crippen LogP contribution in [0.15, 0.2) is 0 Å².